The van der Waals surface area contributed by atoms with Crippen LogP contribution in [0.5, 0.6) is 0 Å². The summed E-state index contributed by atoms with van der Waals surface area (Å²) in [5, 5.41) is 11.9. The van der Waals surface area contributed by atoms with E-state index < -0.39 is 0 Å². The predicted molar refractivity (Wildman–Crippen MR) is 73.4 cm³/mol. The third-order valence-corrected chi connectivity index (χ3v) is 3.81. The Labute approximate surface area is 111 Å². The van der Waals surface area contributed by atoms with Crippen molar-refractivity contribution in [3.63, 3.8) is 0 Å². The summed E-state index contributed by atoms with van der Waals surface area (Å²) in [5.74, 6) is 0.348. The lowest BCUT2D eigenvalue weighted by molar-refractivity contribution is -0.127. The third kappa shape index (κ3) is 4.94. The highest BCUT2D eigenvalue weighted by Crippen LogP contribution is 2.22. The van der Waals surface area contributed by atoms with Crippen molar-refractivity contribution in [3.05, 3.63) is 0 Å². The molecule has 2 atom stereocenters. The van der Waals surface area contributed by atoms with Gasteiger partial charge in [-0.25, -0.2) is 0 Å². The highest BCUT2D eigenvalue weighted by Gasteiger charge is 2.29. The molecule has 106 valence electrons. The standard InChI is InChI=1S/C14H28N2O2/c1-3-4-8-15-14(18)13-7-6-12(2)16(11-13)9-5-10-17/h12-13,17H,3-11H2,1-2H3,(H,15,18). The number of aliphatic hydroxyl groups is 1. The third-order valence-electron chi connectivity index (χ3n) is 3.81. The SMILES string of the molecule is CCCCNC(=O)C1CCC(C)N(CCCO)C1. The topological polar surface area (TPSA) is 52.6 Å². The zero-order valence-corrected chi connectivity index (χ0v) is 11.8. The van der Waals surface area contributed by atoms with Gasteiger partial charge in [0.05, 0.1) is 5.92 Å². The predicted octanol–water partition coefficient (Wildman–Crippen LogP) is 1.39. The van der Waals surface area contributed by atoms with E-state index in [1.165, 1.54) is 0 Å². The Hall–Kier alpha value is -0.610. The van der Waals surface area contributed by atoms with Gasteiger partial charge in [0.15, 0.2) is 0 Å². The lowest BCUT2D eigenvalue weighted by Gasteiger charge is -2.37. The number of carbonyl (C=O) groups is 1. The minimum Gasteiger partial charge on any atom is -0.396 e. The Morgan fingerprint density at radius 2 is 2.17 bits per heavy atom. The minimum absolute atomic E-state index is 0.136. The average molecular weight is 256 g/mol. The Bertz CT molecular complexity index is 246. The summed E-state index contributed by atoms with van der Waals surface area (Å²) in [6, 6.07) is 0.538. The molecule has 0 aliphatic carbocycles. The minimum atomic E-state index is 0.136. The summed E-state index contributed by atoms with van der Waals surface area (Å²) in [4.78, 5) is 14.3. The van der Waals surface area contributed by atoms with Crippen molar-refractivity contribution in [2.75, 3.05) is 26.2 Å². The van der Waals surface area contributed by atoms with E-state index in [0.717, 1.165) is 51.7 Å². The number of amides is 1. The van der Waals surface area contributed by atoms with E-state index in [1.807, 2.05) is 0 Å². The molecule has 4 heteroatoms. The van der Waals surface area contributed by atoms with Crippen molar-refractivity contribution in [1.82, 2.24) is 10.2 Å². The Morgan fingerprint density at radius 1 is 1.39 bits per heavy atom. The van der Waals surface area contributed by atoms with Gasteiger partial charge in [-0.15, -0.1) is 0 Å². The van der Waals surface area contributed by atoms with Crippen molar-refractivity contribution >= 4 is 5.91 Å². The molecule has 1 fully saturated rings. The Kier molecular flexibility index (Phi) is 7.28. The van der Waals surface area contributed by atoms with Crippen LogP contribution in [0.15, 0.2) is 0 Å². The summed E-state index contributed by atoms with van der Waals surface area (Å²) in [5.41, 5.74) is 0. The largest absolute Gasteiger partial charge is 0.396 e. The van der Waals surface area contributed by atoms with Crippen LogP contribution < -0.4 is 5.32 Å². The van der Waals surface area contributed by atoms with E-state index in [0.29, 0.717) is 6.04 Å². The average Bonchev–Trinajstić information content (AvgIpc) is 2.38. The first-order chi connectivity index (χ1) is 8.69. The molecule has 0 bridgehead atoms. The number of hydrogen-bond donors (Lipinski definition) is 2. The first kappa shape index (κ1) is 15.4. The normalized spacial score (nSPS) is 25.1. The molecule has 0 aromatic carbocycles. The van der Waals surface area contributed by atoms with Gasteiger partial charge in [-0.1, -0.05) is 13.3 Å². The molecule has 4 nitrogen and oxygen atoms in total. The van der Waals surface area contributed by atoms with Crippen molar-refractivity contribution in [1.29, 1.82) is 0 Å². The maximum Gasteiger partial charge on any atom is 0.224 e. The zero-order valence-electron chi connectivity index (χ0n) is 11.8. The quantitative estimate of drug-likeness (QED) is 0.677. The van der Waals surface area contributed by atoms with E-state index in [-0.39, 0.29) is 18.4 Å². The van der Waals surface area contributed by atoms with Gasteiger partial charge in [0, 0.05) is 32.3 Å². The molecule has 0 saturated carbocycles. The molecule has 1 aliphatic heterocycles. The van der Waals surface area contributed by atoms with Crippen LogP contribution in [0, 0.1) is 5.92 Å². The molecule has 0 aromatic heterocycles. The molecule has 18 heavy (non-hydrogen) atoms. The molecule has 2 unspecified atom stereocenters. The Morgan fingerprint density at radius 3 is 2.83 bits per heavy atom. The number of unbranched alkanes of at least 4 members (excludes halogenated alkanes) is 1. The number of aliphatic hydroxyl groups excluding tert-OH is 1. The zero-order chi connectivity index (χ0) is 13.4. The van der Waals surface area contributed by atoms with Crippen molar-refractivity contribution in [3.8, 4) is 0 Å². The number of likely N-dealkylation sites (tertiary alicyclic amines) is 1. The fourth-order valence-corrected chi connectivity index (χ4v) is 2.51. The van der Waals surface area contributed by atoms with Crippen molar-refractivity contribution in [2.24, 2.45) is 5.92 Å². The maximum absolute atomic E-state index is 12.0. The van der Waals surface area contributed by atoms with Gasteiger partial charge in [-0.2, -0.15) is 0 Å². The highest BCUT2D eigenvalue weighted by molar-refractivity contribution is 5.78. The number of piperidine rings is 1. The van der Waals surface area contributed by atoms with Gasteiger partial charge in [0.1, 0.15) is 0 Å². The maximum atomic E-state index is 12.0. The van der Waals surface area contributed by atoms with Gasteiger partial charge in [0.2, 0.25) is 5.91 Å². The van der Waals surface area contributed by atoms with Gasteiger partial charge >= 0.3 is 0 Å². The Balaban J connectivity index is 2.35. The van der Waals surface area contributed by atoms with Crippen LogP contribution in [0.25, 0.3) is 0 Å². The molecule has 0 radical (unpaired) electrons. The summed E-state index contributed by atoms with van der Waals surface area (Å²) < 4.78 is 0. The summed E-state index contributed by atoms with van der Waals surface area (Å²) >= 11 is 0. The second-order valence-corrected chi connectivity index (χ2v) is 5.34. The molecule has 0 aromatic rings. The summed E-state index contributed by atoms with van der Waals surface area (Å²) in [6.07, 6.45) is 5.05. The molecule has 0 spiro atoms. The van der Waals surface area contributed by atoms with Crippen LogP contribution in [0.4, 0.5) is 0 Å². The van der Waals surface area contributed by atoms with E-state index in [4.69, 9.17) is 5.11 Å². The van der Waals surface area contributed by atoms with Gasteiger partial charge in [-0.05, 0) is 32.6 Å². The van der Waals surface area contributed by atoms with E-state index >= 15 is 0 Å². The summed E-state index contributed by atoms with van der Waals surface area (Å²) in [7, 11) is 0. The van der Waals surface area contributed by atoms with Crippen molar-refractivity contribution < 1.29 is 9.90 Å². The fraction of sp³-hybridized carbons (Fsp3) is 0.929. The molecule has 1 amide bonds. The molecule has 1 heterocycles. The van der Waals surface area contributed by atoms with E-state index in [1.54, 1.807) is 0 Å². The molecule has 2 N–H and O–H groups in total. The monoisotopic (exact) mass is 256 g/mol. The smallest absolute Gasteiger partial charge is 0.224 e. The van der Waals surface area contributed by atoms with Crippen LogP contribution in [0.1, 0.15) is 46.0 Å². The molecular weight excluding hydrogens is 228 g/mol. The van der Waals surface area contributed by atoms with Gasteiger partial charge in [0.25, 0.3) is 0 Å². The molecule has 1 rings (SSSR count). The van der Waals surface area contributed by atoms with Crippen LogP contribution in [0.3, 0.4) is 0 Å². The number of carbonyl (C=O) groups excluding carboxylic acids is 1. The lowest BCUT2D eigenvalue weighted by Crippen LogP contribution is -2.47. The lowest BCUT2D eigenvalue weighted by atomic mass is 9.92. The van der Waals surface area contributed by atoms with Crippen molar-refractivity contribution in [2.45, 2.75) is 52.0 Å². The highest BCUT2D eigenvalue weighted by atomic mass is 16.3. The second-order valence-electron chi connectivity index (χ2n) is 5.34. The second kappa shape index (κ2) is 8.48. The summed E-state index contributed by atoms with van der Waals surface area (Å²) in [6.45, 7) is 7.12. The first-order valence-electron chi connectivity index (χ1n) is 7.31. The number of nitrogens with one attached hydrogen (secondary N) is 1. The van der Waals surface area contributed by atoms with E-state index in [9.17, 15) is 4.79 Å². The van der Waals surface area contributed by atoms with Crippen LogP contribution in [-0.4, -0.2) is 48.2 Å². The first-order valence-corrected chi connectivity index (χ1v) is 7.31. The van der Waals surface area contributed by atoms with Crippen LogP contribution in [-0.2, 0) is 4.79 Å². The molecular formula is C14H28N2O2. The number of hydrogen-bond acceptors (Lipinski definition) is 3. The van der Waals surface area contributed by atoms with Crippen LogP contribution >= 0.6 is 0 Å². The molecule has 1 aliphatic rings. The van der Waals surface area contributed by atoms with Gasteiger partial charge < -0.3 is 10.4 Å². The fourth-order valence-electron chi connectivity index (χ4n) is 2.51. The number of nitrogens with zero attached hydrogens (tertiary/aromatic N) is 1. The van der Waals surface area contributed by atoms with E-state index in [2.05, 4.69) is 24.1 Å². The van der Waals surface area contributed by atoms with Crippen LogP contribution in [0.2, 0.25) is 0 Å². The van der Waals surface area contributed by atoms with Gasteiger partial charge in [-0.3, -0.25) is 9.69 Å². The molecule has 1 saturated heterocycles. The number of rotatable bonds is 7.